The molecule has 0 bridgehead atoms. The van der Waals surface area contributed by atoms with E-state index in [9.17, 15) is 9.59 Å². The number of halogens is 1. The highest BCUT2D eigenvalue weighted by Crippen LogP contribution is 2.22. The summed E-state index contributed by atoms with van der Waals surface area (Å²) in [6.45, 7) is 3.61. The van der Waals surface area contributed by atoms with Crippen molar-refractivity contribution in [2.24, 2.45) is 0 Å². The number of anilines is 1. The molecule has 0 spiro atoms. The van der Waals surface area contributed by atoms with E-state index in [1.54, 1.807) is 12.1 Å². The fourth-order valence-electron chi connectivity index (χ4n) is 1.87. The Hall–Kier alpha value is -1.66. The van der Waals surface area contributed by atoms with Crippen LogP contribution in [0.5, 0.6) is 0 Å². The smallest absolute Gasteiger partial charge is 0.348 e. The highest BCUT2D eigenvalue weighted by molar-refractivity contribution is 9.11. The summed E-state index contributed by atoms with van der Waals surface area (Å²) < 4.78 is 5.82. The number of aryl methyl sites for hydroxylation is 2. The fraction of sp³-hybridized carbons (Fsp3) is 0.200. The van der Waals surface area contributed by atoms with Crippen molar-refractivity contribution in [3.63, 3.8) is 0 Å². The molecule has 4 nitrogen and oxygen atoms in total. The van der Waals surface area contributed by atoms with E-state index < -0.39 is 5.97 Å². The predicted octanol–water partition coefficient (Wildman–Crippen LogP) is 3.92. The largest absolute Gasteiger partial charge is 0.451 e. The number of benzene rings is 1. The van der Waals surface area contributed by atoms with Crippen LogP contribution in [0.4, 0.5) is 5.69 Å². The van der Waals surface area contributed by atoms with Crippen LogP contribution < -0.4 is 5.32 Å². The summed E-state index contributed by atoms with van der Waals surface area (Å²) in [6, 6.07) is 9.16. The molecule has 0 saturated heterocycles. The Kier molecular flexibility index (Phi) is 5.14. The van der Waals surface area contributed by atoms with E-state index in [0.29, 0.717) is 10.6 Å². The highest BCUT2D eigenvalue weighted by Gasteiger charge is 2.12. The molecule has 1 amide bonds. The molecule has 21 heavy (non-hydrogen) atoms. The maximum atomic E-state index is 11.8. The lowest BCUT2D eigenvalue weighted by atomic mass is 10.1. The summed E-state index contributed by atoms with van der Waals surface area (Å²) >= 11 is 4.54. The van der Waals surface area contributed by atoms with Gasteiger partial charge in [0.05, 0.1) is 3.79 Å². The van der Waals surface area contributed by atoms with Crippen molar-refractivity contribution in [3.8, 4) is 0 Å². The lowest BCUT2D eigenvalue weighted by molar-refractivity contribution is -0.119. The Bertz CT molecular complexity index is 661. The number of rotatable bonds is 4. The Balaban J connectivity index is 1.88. The Morgan fingerprint density at radius 2 is 1.86 bits per heavy atom. The number of nitrogens with one attached hydrogen (secondary N) is 1. The minimum absolute atomic E-state index is 0.304. The van der Waals surface area contributed by atoms with Crippen LogP contribution in [0.2, 0.25) is 0 Å². The highest BCUT2D eigenvalue weighted by atomic mass is 79.9. The number of carbonyl (C=O) groups is 2. The molecule has 0 unspecified atom stereocenters. The summed E-state index contributed by atoms with van der Waals surface area (Å²) in [5.74, 6) is -0.856. The number of amides is 1. The van der Waals surface area contributed by atoms with Gasteiger partial charge in [0, 0.05) is 5.69 Å². The Labute approximate surface area is 135 Å². The molecule has 0 atom stereocenters. The molecule has 0 aliphatic carbocycles. The molecule has 0 fully saturated rings. The summed E-state index contributed by atoms with van der Waals surface area (Å²) in [6.07, 6.45) is 0. The van der Waals surface area contributed by atoms with Gasteiger partial charge in [0.25, 0.3) is 5.91 Å². The standard InChI is InChI=1S/C15H14BrNO3S/c1-9-5-10(2)7-11(6-9)17-14(18)8-20-15(19)12-3-4-13(16)21-12/h3-7H,8H2,1-2H3,(H,17,18). The van der Waals surface area contributed by atoms with Gasteiger partial charge in [-0.05, 0) is 65.2 Å². The average Bonchev–Trinajstić information content (AvgIpc) is 2.81. The molecule has 1 heterocycles. The first kappa shape index (κ1) is 15.7. The third-order valence-corrected chi connectivity index (χ3v) is 4.22. The monoisotopic (exact) mass is 367 g/mol. The van der Waals surface area contributed by atoms with Crippen LogP contribution in [-0.2, 0) is 9.53 Å². The van der Waals surface area contributed by atoms with Crippen molar-refractivity contribution >= 4 is 44.8 Å². The summed E-state index contributed by atoms with van der Waals surface area (Å²) in [5.41, 5.74) is 2.82. The van der Waals surface area contributed by atoms with Gasteiger partial charge in [0.1, 0.15) is 4.88 Å². The third kappa shape index (κ3) is 4.68. The number of hydrogen-bond acceptors (Lipinski definition) is 4. The zero-order valence-corrected chi connectivity index (χ0v) is 14.0. The van der Waals surface area contributed by atoms with Gasteiger partial charge >= 0.3 is 5.97 Å². The van der Waals surface area contributed by atoms with E-state index >= 15 is 0 Å². The van der Waals surface area contributed by atoms with Crippen molar-refractivity contribution < 1.29 is 14.3 Å². The molecule has 110 valence electrons. The second kappa shape index (κ2) is 6.87. The first-order chi connectivity index (χ1) is 9.94. The van der Waals surface area contributed by atoms with E-state index in [2.05, 4.69) is 21.2 Å². The molecule has 1 aromatic carbocycles. The lowest BCUT2D eigenvalue weighted by Gasteiger charge is -2.08. The first-order valence-electron chi connectivity index (χ1n) is 6.24. The molecule has 2 rings (SSSR count). The van der Waals surface area contributed by atoms with E-state index in [0.717, 1.165) is 14.9 Å². The topological polar surface area (TPSA) is 55.4 Å². The number of hydrogen-bond donors (Lipinski definition) is 1. The molecule has 6 heteroatoms. The SMILES string of the molecule is Cc1cc(C)cc(NC(=O)COC(=O)c2ccc(Br)s2)c1. The van der Waals surface area contributed by atoms with E-state index in [-0.39, 0.29) is 12.5 Å². The molecule has 2 aromatic rings. The van der Waals surface area contributed by atoms with Gasteiger partial charge < -0.3 is 10.1 Å². The van der Waals surface area contributed by atoms with Gasteiger partial charge in [0.2, 0.25) is 0 Å². The number of ether oxygens (including phenoxy) is 1. The van der Waals surface area contributed by atoms with Gasteiger partial charge in [0.15, 0.2) is 6.61 Å². The van der Waals surface area contributed by atoms with Gasteiger partial charge in [-0.3, -0.25) is 4.79 Å². The zero-order chi connectivity index (χ0) is 15.4. The van der Waals surface area contributed by atoms with Crippen molar-refractivity contribution in [1.82, 2.24) is 0 Å². The van der Waals surface area contributed by atoms with Gasteiger partial charge in [-0.2, -0.15) is 0 Å². The number of esters is 1. The quantitative estimate of drug-likeness (QED) is 0.833. The fourth-order valence-corrected chi connectivity index (χ4v) is 3.15. The second-order valence-corrected chi connectivity index (χ2v) is 7.07. The molecule has 1 aromatic heterocycles. The molecule has 0 aliphatic heterocycles. The summed E-state index contributed by atoms with van der Waals surface area (Å²) in [7, 11) is 0. The number of thiophene rings is 1. The number of carbonyl (C=O) groups excluding carboxylic acids is 2. The molecular formula is C15H14BrNO3S. The molecule has 0 aliphatic rings. The average molecular weight is 368 g/mol. The predicted molar refractivity (Wildman–Crippen MR) is 86.8 cm³/mol. The van der Waals surface area contributed by atoms with Gasteiger partial charge in [-0.15, -0.1) is 11.3 Å². The van der Waals surface area contributed by atoms with Gasteiger partial charge in [-0.25, -0.2) is 4.79 Å². The zero-order valence-electron chi connectivity index (χ0n) is 11.6. The summed E-state index contributed by atoms with van der Waals surface area (Å²) in [5, 5.41) is 2.71. The van der Waals surface area contributed by atoms with Crippen LogP contribution >= 0.6 is 27.3 Å². The van der Waals surface area contributed by atoms with Crippen LogP contribution in [0.15, 0.2) is 34.1 Å². The maximum absolute atomic E-state index is 11.8. The first-order valence-corrected chi connectivity index (χ1v) is 7.85. The van der Waals surface area contributed by atoms with Crippen molar-refractivity contribution in [2.45, 2.75) is 13.8 Å². The Morgan fingerprint density at radius 3 is 2.43 bits per heavy atom. The van der Waals surface area contributed by atoms with E-state index in [1.807, 2.05) is 32.0 Å². The minimum atomic E-state index is -0.499. The second-order valence-electron chi connectivity index (χ2n) is 4.60. The van der Waals surface area contributed by atoms with Gasteiger partial charge in [-0.1, -0.05) is 6.07 Å². The van der Waals surface area contributed by atoms with Crippen LogP contribution in [0, 0.1) is 13.8 Å². The van der Waals surface area contributed by atoms with Crippen molar-refractivity contribution in [2.75, 3.05) is 11.9 Å². The van der Waals surface area contributed by atoms with Crippen molar-refractivity contribution in [1.29, 1.82) is 0 Å². The third-order valence-electron chi connectivity index (χ3n) is 2.61. The van der Waals surface area contributed by atoms with E-state index in [4.69, 9.17) is 4.74 Å². The van der Waals surface area contributed by atoms with Crippen molar-refractivity contribution in [3.05, 3.63) is 50.1 Å². The van der Waals surface area contributed by atoms with Crippen LogP contribution in [0.1, 0.15) is 20.8 Å². The molecular weight excluding hydrogens is 354 g/mol. The molecule has 0 radical (unpaired) electrons. The minimum Gasteiger partial charge on any atom is -0.451 e. The Morgan fingerprint density at radius 1 is 1.19 bits per heavy atom. The van der Waals surface area contributed by atoms with Crippen LogP contribution in [0.3, 0.4) is 0 Å². The molecule has 0 saturated carbocycles. The van der Waals surface area contributed by atoms with Crippen LogP contribution in [0.25, 0.3) is 0 Å². The molecule has 1 N–H and O–H groups in total. The maximum Gasteiger partial charge on any atom is 0.348 e. The van der Waals surface area contributed by atoms with Crippen LogP contribution in [-0.4, -0.2) is 18.5 Å². The normalized spacial score (nSPS) is 10.2. The lowest BCUT2D eigenvalue weighted by Crippen LogP contribution is -2.20. The summed E-state index contributed by atoms with van der Waals surface area (Å²) in [4.78, 5) is 24.0. The van der Waals surface area contributed by atoms with E-state index in [1.165, 1.54) is 11.3 Å².